The lowest BCUT2D eigenvalue weighted by Crippen LogP contribution is -2.12. The van der Waals surface area contributed by atoms with Gasteiger partial charge in [-0.3, -0.25) is 4.98 Å². The second-order valence-electron chi connectivity index (χ2n) is 14.5. The molecule has 5 rings (SSSR count). The van der Waals surface area contributed by atoms with Crippen molar-refractivity contribution in [3.8, 4) is 0 Å². The summed E-state index contributed by atoms with van der Waals surface area (Å²) < 4.78 is 0. The first-order valence-electron chi connectivity index (χ1n) is 16.3. The Bertz CT molecular complexity index is 1160. The zero-order valence-corrected chi connectivity index (χ0v) is 28.2. The van der Waals surface area contributed by atoms with Gasteiger partial charge in [-0.05, 0) is 100 Å². The van der Waals surface area contributed by atoms with Crippen LogP contribution in [0.4, 0.5) is 0 Å². The first kappa shape index (κ1) is 34.1. The van der Waals surface area contributed by atoms with Crippen molar-refractivity contribution in [2.75, 3.05) is 0 Å². The average Bonchev–Trinajstić information content (AvgIpc) is 3.65. The Hall–Kier alpha value is -2.15. The first-order chi connectivity index (χ1) is 18.8. The van der Waals surface area contributed by atoms with Crippen LogP contribution in [0.25, 0.3) is 10.9 Å². The van der Waals surface area contributed by atoms with E-state index in [2.05, 4.69) is 117 Å². The number of hydrogen-bond donors (Lipinski definition) is 0. The van der Waals surface area contributed by atoms with E-state index in [1.165, 1.54) is 65.3 Å². The summed E-state index contributed by atoms with van der Waals surface area (Å²) in [6.07, 6.45) is 11.3. The molecule has 0 saturated heterocycles. The molecule has 1 heteroatoms. The summed E-state index contributed by atoms with van der Waals surface area (Å²) in [6.45, 7) is 26.8. The molecule has 40 heavy (non-hydrogen) atoms. The molecular weight excluding hydrogens is 482 g/mol. The molecular formula is C39H61N. The van der Waals surface area contributed by atoms with Crippen LogP contribution >= 0.6 is 0 Å². The maximum absolute atomic E-state index is 4.52. The minimum Gasteiger partial charge on any atom is -0.256 e. The van der Waals surface area contributed by atoms with Gasteiger partial charge in [0.25, 0.3) is 0 Å². The van der Waals surface area contributed by atoms with E-state index in [1.54, 1.807) is 0 Å². The minimum atomic E-state index is 0.259. The molecule has 0 radical (unpaired) electrons. The van der Waals surface area contributed by atoms with Gasteiger partial charge in [0.15, 0.2) is 0 Å². The van der Waals surface area contributed by atoms with Crippen molar-refractivity contribution in [2.45, 2.75) is 145 Å². The van der Waals surface area contributed by atoms with Crippen molar-refractivity contribution >= 4 is 10.9 Å². The lowest BCUT2D eigenvalue weighted by molar-refractivity contribution is 0.412. The van der Waals surface area contributed by atoms with Crippen LogP contribution in [-0.2, 0) is 18.3 Å². The highest BCUT2D eigenvalue weighted by atomic mass is 14.6. The van der Waals surface area contributed by atoms with Crippen LogP contribution in [0.2, 0.25) is 0 Å². The SMILES string of the molecule is CC.CC(C)(C)Cc1ccnc2ccc(C3CCC3)cc12.CC1CC1.CCc1cc(C(C)C)cc(C(C)(C)C)c1. The van der Waals surface area contributed by atoms with Crippen LogP contribution in [0.1, 0.15) is 155 Å². The largest absolute Gasteiger partial charge is 0.256 e. The van der Waals surface area contributed by atoms with E-state index in [-0.39, 0.29) is 5.41 Å². The summed E-state index contributed by atoms with van der Waals surface area (Å²) in [4.78, 5) is 4.52. The number of nitrogens with zero attached hydrogens (tertiary/aromatic N) is 1. The molecule has 222 valence electrons. The summed E-state index contributed by atoms with van der Waals surface area (Å²) in [6, 6.07) is 16.1. The van der Waals surface area contributed by atoms with Gasteiger partial charge in [-0.25, -0.2) is 0 Å². The van der Waals surface area contributed by atoms with Gasteiger partial charge >= 0.3 is 0 Å². The number of fused-ring (bicyclic) bond motifs is 1. The maximum Gasteiger partial charge on any atom is 0.0704 e. The van der Waals surface area contributed by atoms with E-state index in [1.807, 2.05) is 20.0 Å². The molecule has 0 amide bonds. The number of aryl methyl sites for hydroxylation is 1. The lowest BCUT2D eigenvalue weighted by atomic mass is 9.79. The Kier molecular flexibility index (Phi) is 12.9. The van der Waals surface area contributed by atoms with Crippen LogP contribution in [0.5, 0.6) is 0 Å². The van der Waals surface area contributed by atoms with Crippen molar-refractivity contribution in [3.63, 3.8) is 0 Å². The Balaban J connectivity index is 0.000000237. The third kappa shape index (κ3) is 11.0. The molecule has 2 fully saturated rings. The fourth-order valence-electron chi connectivity index (χ4n) is 4.80. The van der Waals surface area contributed by atoms with Crippen molar-refractivity contribution in [1.29, 1.82) is 0 Å². The van der Waals surface area contributed by atoms with Gasteiger partial charge in [-0.15, -0.1) is 0 Å². The molecule has 0 atom stereocenters. The standard InChI is InChI=1S/C18H23N.C15H24.C4H8.C2H6/c1-18(2,3)12-15-9-10-19-17-8-7-14(11-16(15)17)13-5-4-6-13;1-7-12-8-13(11(2)3)10-14(9-12)15(4,5)6;1-4-2-3-4;1-2/h7-11,13H,4-6,12H2,1-3H3;8-11H,7H2,1-6H3;4H,2-3H2,1H3;1-2H3. The lowest BCUT2D eigenvalue weighted by Gasteiger charge is -2.26. The molecule has 2 aliphatic rings. The van der Waals surface area contributed by atoms with Crippen molar-refractivity contribution in [1.82, 2.24) is 4.98 Å². The van der Waals surface area contributed by atoms with Gasteiger partial charge in [0, 0.05) is 11.6 Å². The monoisotopic (exact) mass is 543 g/mol. The molecule has 2 saturated carbocycles. The minimum absolute atomic E-state index is 0.259. The van der Waals surface area contributed by atoms with Gasteiger partial charge < -0.3 is 0 Å². The highest BCUT2D eigenvalue weighted by Crippen LogP contribution is 2.38. The smallest absolute Gasteiger partial charge is 0.0704 e. The van der Waals surface area contributed by atoms with Crippen molar-refractivity contribution in [2.24, 2.45) is 11.3 Å². The van der Waals surface area contributed by atoms with E-state index in [0.717, 1.165) is 30.2 Å². The van der Waals surface area contributed by atoms with Crippen LogP contribution in [0.15, 0.2) is 48.7 Å². The van der Waals surface area contributed by atoms with Crippen molar-refractivity contribution in [3.05, 3.63) is 76.5 Å². The Morgan fingerprint density at radius 1 is 0.850 bits per heavy atom. The third-order valence-corrected chi connectivity index (χ3v) is 7.98. The fourth-order valence-corrected chi connectivity index (χ4v) is 4.80. The molecule has 2 aromatic carbocycles. The Morgan fingerprint density at radius 2 is 1.48 bits per heavy atom. The van der Waals surface area contributed by atoms with Crippen molar-refractivity contribution < 1.29 is 0 Å². The second-order valence-corrected chi connectivity index (χ2v) is 14.5. The third-order valence-electron chi connectivity index (χ3n) is 7.98. The zero-order chi connectivity index (χ0) is 30.1. The highest BCUT2D eigenvalue weighted by molar-refractivity contribution is 5.83. The number of pyridine rings is 1. The number of rotatable bonds is 4. The fraction of sp³-hybridized carbons (Fsp3) is 0.615. The summed E-state index contributed by atoms with van der Waals surface area (Å²) in [7, 11) is 0. The molecule has 2 aliphatic carbocycles. The van der Waals surface area contributed by atoms with Crippen LogP contribution in [-0.4, -0.2) is 4.98 Å². The predicted molar refractivity (Wildman–Crippen MR) is 180 cm³/mol. The van der Waals surface area contributed by atoms with Gasteiger partial charge in [0.05, 0.1) is 5.52 Å². The van der Waals surface area contributed by atoms with Crippen LogP contribution in [0.3, 0.4) is 0 Å². The van der Waals surface area contributed by atoms with E-state index in [4.69, 9.17) is 0 Å². The predicted octanol–water partition coefficient (Wildman–Crippen LogP) is 12.2. The summed E-state index contributed by atoms with van der Waals surface area (Å²) >= 11 is 0. The summed E-state index contributed by atoms with van der Waals surface area (Å²) in [5.41, 5.74) is 9.08. The zero-order valence-electron chi connectivity index (χ0n) is 28.2. The maximum atomic E-state index is 4.52. The van der Waals surface area contributed by atoms with Gasteiger partial charge in [-0.1, -0.05) is 127 Å². The molecule has 0 spiro atoms. The number of hydrogen-bond acceptors (Lipinski definition) is 1. The number of aromatic nitrogens is 1. The van der Waals surface area contributed by atoms with Crippen LogP contribution < -0.4 is 0 Å². The first-order valence-corrected chi connectivity index (χ1v) is 16.3. The van der Waals surface area contributed by atoms with Gasteiger partial charge in [0.2, 0.25) is 0 Å². The van der Waals surface area contributed by atoms with Gasteiger partial charge in [0.1, 0.15) is 0 Å². The summed E-state index contributed by atoms with van der Waals surface area (Å²) in [5.74, 6) is 2.50. The highest BCUT2D eigenvalue weighted by Gasteiger charge is 2.21. The molecule has 0 unspecified atom stereocenters. The molecule has 0 N–H and O–H groups in total. The quantitative estimate of drug-likeness (QED) is 0.319. The van der Waals surface area contributed by atoms with Gasteiger partial charge in [-0.2, -0.15) is 0 Å². The molecule has 1 heterocycles. The molecule has 1 aromatic heterocycles. The number of benzene rings is 2. The van der Waals surface area contributed by atoms with E-state index in [0.29, 0.717) is 11.3 Å². The van der Waals surface area contributed by atoms with E-state index in [9.17, 15) is 0 Å². The molecule has 0 bridgehead atoms. The second kappa shape index (κ2) is 15.2. The molecule has 0 aliphatic heterocycles. The molecule has 1 nitrogen and oxygen atoms in total. The van der Waals surface area contributed by atoms with Crippen LogP contribution in [0, 0.1) is 11.3 Å². The van der Waals surface area contributed by atoms with E-state index < -0.39 is 0 Å². The van der Waals surface area contributed by atoms with E-state index >= 15 is 0 Å². The normalized spacial score (nSPS) is 15.2. The molecule has 3 aromatic rings. The average molecular weight is 544 g/mol. The topological polar surface area (TPSA) is 12.9 Å². The Morgan fingerprint density at radius 3 is 1.93 bits per heavy atom. The Labute approximate surface area is 248 Å². The summed E-state index contributed by atoms with van der Waals surface area (Å²) in [5, 5.41) is 1.36.